The van der Waals surface area contributed by atoms with E-state index < -0.39 is 28.6 Å². The Kier molecular flexibility index (Phi) is 4.14. The van der Waals surface area contributed by atoms with Gasteiger partial charge in [0.2, 0.25) is 0 Å². The number of hydrogen-bond acceptors (Lipinski definition) is 2. The molecule has 0 N–H and O–H groups in total. The third kappa shape index (κ3) is 3.49. The van der Waals surface area contributed by atoms with Crippen molar-refractivity contribution in [3.8, 4) is 6.07 Å². The highest BCUT2D eigenvalue weighted by atomic mass is 32.2. The number of nitrogens with zero attached hydrogens (tertiary/aromatic N) is 1. The monoisotopic (exact) mass is 239 g/mol. The first-order valence-electron chi connectivity index (χ1n) is 4.78. The third-order valence-electron chi connectivity index (χ3n) is 2.56. The van der Waals surface area contributed by atoms with Gasteiger partial charge in [0.05, 0.1) is 6.07 Å². The van der Waals surface area contributed by atoms with Crippen LogP contribution in [0.1, 0.15) is 25.7 Å². The maximum absolute atomic E-state index is 12.2. The molecule has 0 spiro atoms. The van der Waals surface area contributed by atoms with Gasteiger partial charge < -0.3 is 0 Å². The van der Waals surface area contributed by atoms with Crippen LogP contribution in [0.15, 0.2) is 0 Å². The van der Waals surface area contributed by atoms with Gasteiger partial charge in [-0.25, -0.2) is 0 Å². The Labute approximate surface area is 88.9 Å². The minimum absolute atomic E-state index is 0.136. The standard InChI is InChI=1S/C9H12F3NOS/c10-9(11,12)7(5-13)6-15(14)8-3-1-2-4-8/h7-8H,1-4,6H2. The molecule has 86 valence electrons. The predicted molar refractivity (Wildman–Crippen MR) is 50.4 cm³/mol. The summed E-state index contributed by atoms with van der Waals surface area (Å²) in [5.41, 5.74) is 0. The van der Waals surface area contributed by atoms with Crippen LogP contribution in [0.5, 0.6) is 0 Å². The summed E-state index contributed by atoms with van der Waals surface area (Å²) < 4.78 is 48.2. The minimum atomic E-state index is -4.55. The van der Waals surface area contributed by atoms with Gasteiger partial charge in [-0.15, -0.1) is 0 Å². The zero-order chi connectivity index (χ0) is 11.5. The first-order chi connectivity index (χ1) is 6.95. The molecule has 0 saturated heterocycles. The molecule has 15 heavy (non-hydrogen) atoms. The fraction of sp³-hybridized carbons (Fsp3) is 0.889. The molecule has 1 fully saturated rings. The van der Waals surface area contributed by atoms with Crippen LogP contribution in [0, 0.1) is 17.2 Å². The number of nitriles is 1. The highest BCUT2D eigenvalue weighted by Gasteiger charge is 2.41. The Morgan fingerprint density at radius 2 is 1.93 bits per heavy atom. The second-order valence-corrected chi connectivity index (χ2v) is 5.44. The van der Waals surface area contributed by atoms with Crippen molar-refractivity contribution >= 4 is 10.8 Å². The van der Waals surface area contributed by atoms with E-state index in [0.717, 1.165) is 25.7 Å². The molecule has 2 unspecified atom stereocenters. The van der Waals surface area contributed by atoms with Crippen molar-refractivity contribution in [3.05, 3.63) is 0 Å². The van der Waals surface area contributed by atoms with E-state index in [2.05, 4.69) is 0 Å². The second kappa shape index (κ2) is 4.97. The molecule has 6 heteroatoms. The molecular weight excluding hydrogens is 227 g/mol. The van der Waals surface area contributed by atoms with E-state index in [0.29, 0.717) is 0 Å². The lowest BCUT2D eigenvalue weighted by Gasteiger charge is -2.15. The Morgan fingerprint density at radius 3 is 2.33 bits per heavy atom. The van der Waals surface area contributed by atoms with Gasteiger partial charge in [-0.3, -0.25) is 4.21 Å². The third-order valence-corrected chi connectivity index (χ3v) is 4.43. The quantitative estimate of drug-likeness (QED) is 0.758. The van der Waals surface area contributed by atoms with Crippen molar-refractivity contribution in [2.24, 2.45) is 5.92 Å². The SMILES string of the molecule is N#CC(CS(=O)C1CCCC1)C(F)(F)F. The molecule has 1 aliphatic carbocycles. The van der Waals surface area contributed by atoms with Gasteiger partial charge in [0.15, 0.2) is 5.92 Å². The van der Waals surface area contributed by atoms with Crippen LogP contribution in [-0.4, -0.2) is 21.4 Å². The Morgan fingerprint density at radius 1 is 1.40 bits per heavy atom. The summed E-state index contributed by atoms with van der Waals surface area (Å²) in [7, 11) is -1.51. The van der Waals surface area contributed by atoms with E-state index in [9.17, 15) is 17.4 Å². The van der Waals surface area contributed by atoms with Crippen LogP contribution >= 0.6 is 0 Å². The largest absolute Gasteiger partial charge is 0.405 e. The molecule has 1 aliphatic rings. The van der Waals surface area contributed by atoms with E-state index >= 15 is 0 Å². The maximum Gasteiger partial charge on any atom is 0.405 e. The van der Waals surface area contributed by atoms with Crippen LogP contribution in [0.3, 0.4) is 0 Å². The molecule has 0 aromatic rings. The molecule has 2 atom stereocenters. The van der Waals surface area contributed by atoms with Gasteiger partial charge in [-0.2, -0.15) is 18.4 Å². The van der Waals surface area contributed by atoms with Crippen molar-refractivity contribution in [1.29, 1.82) is 5.26 Å². The van der Waals surface area contributed by atoms with Crippen LogP contribution in [0.2, 0.25) is 0 Å². The smallest absolute Gasteiger partial charge is 0.259 e. The molecule has 0 aromatic carbocycles. The normalized spacial score (nSPS) is 22.3. The lowest BCUT2D eigenvalue weighted by Crippen LogP contribution is -2.29. The molecule has 0 heterocycles. The Hall–Kier alpha value is -0.570. The minimum Gasteiger partial charge on any atom is -0.259 e. The van der Waals surface area contributed by atoms with Gasteiger partial charge in [0.25, 0.3) is 0 Å². The number of hydrogen-bond donors (Lipinski definition) is 0. The molecule has 1 rings (SSSR count). The van der Waals surface area contributed by atoms with E-state index in [1.807, 2.05) is 0 Å². The van der Waals surface area contributed by atoms with E-state index in [-0.39, 0.29) is 5.25 Å². The van der Waals surface area contributed by atoms with Crippen molar-refractivity contribution in [2.75, 3.05) is 5.75 Å². The molecule has 1 saturated carbocycles. The molecule has 0 radical (unpaired) electrons. The summed E-state index contributed by atoms with van der Waals surface area (Å²) in [6, 6.07) is 1.18. The van der Waals surface area contributed by atoms with Gasteiger partial charge in [-0.1, -0.05) is 12.8 Å². The fourth-order valence-electron chi connectivity index (χ4n) is 1.66. The zero-order valence-electron chi connectivity index (χ0n) is 8.09. The van der Waals surface area contributed by atoms with E-state index in [4.69, 9.17) is 5.26 Å². The second-order valence-electron chi connectivity index (χ2n) is 3.68. The first-order valence-corrected chi connectivity index (χ1v) is 6.17. The summed E-state index contributed by atoms with van der Waals surface area (Å²) in [6.45, 7) is 0. The van der Waals surface area contributed by atoms with Crippen LogP contribution in [-0.2, 0) is 10.8 Å². The summed E-state index contributed by atoms with van der Waals surface area (Å²) in [5.74, 6) is -2.65. The number of rotatable bonds is 3. The molecule has 0 aromatic heterocycles. The Bertz CT molecular complexity index is 278. The number of alkyl halides is 3. The van der Waals surface area contributed by atoms with Crippen LogP contribution in [0.4, 0.5) is 13.2 Å². The fourth-order valence-corrected chi connectivity index (χ4v) is 3.38. The average molecular weight is 239 g/mol. The predicted octanol–water partition coefficient (Wildman–Crippen LogP) is 2.38. The summed E-state index contributed by atoms with van der Waals surface area (Å²) in [6.07, 6.45) is -1.24. The first kappa shape index (κ1) is 12.5. The molecule has 2 nitrogen and oxygen atoms in total. The summed E-state index contributed by atoms with van der Waals surface area (Å²) in [4.78, 5) is 0. The topological polar surface area (TPSA) is 40.9 Å². The lowest BCUT2D eigenvalue weighted by molar-refractivity contribution is -0.153. The van der Waals surface area contributed by atoms with E-state index in [1.165, 1.54) is 6.07 Å². The van der Waals surface area contributed by atoms with E-state index in [1.54, 1.807) is 0 Å². The average Bonchev–Trinajstić information content (AvgIpc) is 2.64. The van der Waals surface area contributed by atoms with Crippen molar-refractivity contribution in [1.82, 2.24) is 0 Å². The molecular formula is C9H12F3NOS. The molecule has 0 amide bonds. The van der Waals surface area contributed by atoms with Gasteiger partial charge in [-0.05, 0) is 12.8 Å². The summed E-state index contributed by atoms with van der Waals surface area (Å²) >= 11 is 0. The van der Waals surface area contributed by atoms with Crippen molar-refractivity contribution in [3.63, 3.8) is 0 Å². The van der Waals surface area contributed by atoms with Crippen LogP contribution in [0.25, 0.3) is 0 Å². The van der Waals surface area contributed by atoms with Crippen molar-refractivity contribution < 1.29 is 17.4 Å². The summed E-state index contributed by atoms with van der Waals surface area (Å²) in [5, 5.41) is 8.21. The zero-order valence-corrected chi connectivity index (χ0v) is 8.90. The van der Waals surface area contributed by atoms with Gasteiger partial charge >= 0.3 is 6.18 Å². The Balaban J connectivity index is 2.52. The van der Waals surface area contributed by atoms with Crippen molar-refractivity contribution in [2.45, 2.75) is 37.1 Å². The maximum atomic E-state index is 12.2. The highest BCUT2D eigenvalue weighted by molar-refractivity contribution is 7.85. The number of halogens is 3. The van der Waals surface area contributed by atoms with Gasteiger partial charge in [0.1, 0.15) is 0 Å². The lowest BCUT2D eigenvalue weighted by atomic mass is 10.2. The van der Waals surface area contributed by atoms with Crippen LogP contribution < -0.4 is 0 Å². The molecule has 0 bridgehead atoms. The van der Waals surface area contributed by atoms with Gasteiger partial charge in [0, 0.05) is 21.8 Å². The highest BCUT2D eigenvalue weighted by Crippen LogP contribution is 2.29. The molecule has 0 aliphatic heterocycles.